The first-order chi connectivity index (χ1) is 7.90. The third-order valence-electron chi connectivity index (χ3n) is 2.45. The van der Waals surface area contributed by atoms with E-state index in [1.807, 2.05) is 12.1 Å². The minimum atomic E-state index is 0.250. The van der Waals surface area contributed by atoms with Gasteiger partial charge in [0.2, 0.25) is 0 Å². The van der Waals surface area contributed by atoms with E-state index in [-0.39, 0.29) is 6.04 Å². The van der Waals surface area contributed by atoms with Crippen molar-refractivity contribution in [3.8, 4) is 0 Å². The van der Waals surface area contributed by atoms with Gasteiger partial charge in [-0.05, 0) is 17.0 Å². The molecule has 82 valence electrons. The highest BCUT2D eigenvalue weighted by molar-refractivity contribution is 7.10. The van der Waals surface area contributed by atoms with Crippen molar-refractivity contribution in [3.05, 3.63) is 70.9 Å². The van der Waals surface area contributed by atoms with E-state index in [1.165, 1.54) is 10.4 Å². The quantitative estimate of drug-likeness (QED) is 0.770. The van der Waals surface area contributed by atoms with Crippen molar-refractivity contribution >= 4 is 11.3 Å². The number of nitrogens with one attached hydrogen (secondary N) is 1. The van der Waals surface area contributed by atoms with Gasteiger partial charge in [0.05, 0.1) is 6.04 Å². The molecule has 1 heterocycles. The standard InChI is InChI=1S/C14H15NS/c1-2-13(14-9-6-10-16-14)15-11-12-7-4-3-5-8-12/h2-10,13,15H,1,11H2. The molecule has 0 fully saturated rings. The molecule has 2 aromatic rings. The molecule has 0 aliphatic rings. The van der Waals surface area contributed by atoms with Gasteiger partial charge in [-0.25, -0.2) is 0 Å². The molecule has 1 atom stereocenters. The van der Waals surface area contributed by atoms with Gasteiger partial charge in [-0.2, -0.15) is 0 Å². The van der Waals surface area contributed by atoms with Crippen LogP contribution in [0.5, 0.6) is 0 Å². The number of rotatable bonds is 5. The third kappa shape index (κ3) is 2.81. The first-order valence-electron chi connectivity index (χ1n) is 5.33. The highest BCUT2D eigenvalue weighted by Gasteiger charge is 2.06. The Morgan fingerprint density at radius 3 is 2.62 bits per heavy atom. The van der Waals surface area contributed by atoms with Gasteiger partial charge < -0.3 is 5.32 Å². The van der Waals surface area contributed by atoms with Gasteiger partial charge in [0.1, 0.15) is 0 Å². The summed E-state index contributed by atoms with van der Waals surface area (Å²) in [6.07, 6.45) is 1.95. The highest BCUT2D eigenvalue weighted by atomic mass is 32.1. The fraction of sp³-hybridized carbons (Fsp3) is 0.143. The summed E-state index contributed by atoms with van der Waals surface area (Å²) in [5.41, 5.74) is 1.30. The van der Waals surface area contributed by atoms with Gasteiger partial charge in [0, 0.05) is 11.4 Å². The van der Waals surface area contributed by atoms with Crippen LogP contribution >= 0.6 is 11.3 Å². The summed E-state index contributed by atoms with van der Waals surface area (Å²) in [5, 5.41) is 5.57. The van der Waals surface area contributed by atoms with E-state index < -0.39 is 0 Å². The van der Waals surface area contributed by atoms with E-state index in [2.05, 4.69) is 53.7 Å². The fourth-order valence-corrected chi connectivity index (χ4v) is 2.39. The van der Waals surface area contributed by atoms with E-state index in [0.29, 0.717) is 0 Å². The molecule has 1 nitrogen and oxygen atoms in total. The SMILES string of the molecule is C=CC(NCc1ccccc1)c1cccs1. The average Bonchev–Trinajstić information content (AvgIpc) is 2.85. The van der Waals surface area contributed by atoms with Gasteiger partial charge in [-0.1, -0.05) is 42.5 Å². The zero-order valence-electron chi connectivity index (χ0n) is 9.10. The topological polar surface area (TPSA) is 12.0 Å². The Hall–Kier alpha value is -1.38. The van der Waals surface area contributed by atoms with Crippen LogP contribution < -0.4 is 5.32 Å². The summed E-state index contributed by atoms with van der Waals surface area (Å²) < 4.78 is 0. The molecule has 0 aliphatic heterocycles. The second-order valence-electron chi connectivity index (χ2n) is 3.60. The molecule has 0 saturated carbocycles. The second kappa shape index (κ2) is 5.64. The van der Waals surface area contributed by atoms with Crippen molar-refractivity contribution in [2.45, 2.75) is 12.6 Å². The van der Waals surface area contributed by atoms with Crippen LogP contribution in [-0.4, -0.2) is 0 Å². The van der Waals surface area contributed by atoms with Gasteiger partial charge in [-0.15, -0.1) is 17.9 Å². The summed E-state index contributed by atoms with van der Waals surface area (Å²) in [6, 6.07) is 14.9. The summed E-state index contributed by atoms with van der Waals surface area (Å²) >= 11 is 1.76. The Kier molecular flexibility index (Phi) is 3.91. The molecule has 1 unspecified atom stereocenters. The molecule has 0 radical (unpaired) electrons. The fourth-order valence-electron chi connectivity index (χ4n) is 1.59. The lowest BCUT2D eigenvalue weighted by Gasteiger charge is -2.12. The van der Waals surface area contributed by atoms with Crippen LogP contribution in [0.25, 0.3) is 0 Å². The molecule has 1 aromatic carbocycles. The minimum absolute atomic E-state index is 0.250. The van der Waals surface area contributed by atoms with Gasteiger partial charge >= 0.3 is 0 Å². The Morgan fingerprint density at radius 2 is 2.00 bits per heavy atom. The monoisotopic (exact) mass is 229 g/mol. The van der Waals surface area contributed by atoms with E-state index in [9.17, 15) is 0 Å². The van der Waals surface area contributed by atoms with Crippen LogP contribution in [-0.2, 0) is 6.54 Å². The van der Waals surface area contributed by atoms with Crippen LogP contribution in [0.4, 0.5) is 0 Å². The Balaban J connectivity index is 1.96. The maximum Gasteiger partial charge on any atom is 0.0600 e. The maximum atomic E-state index is 3.87. The largest absolute Gasteiger partial charge is 0.302 e. The lowest BCUT2D eigenvalue weighted by Crippen LogP contribution is -2.17. The zero-order chi connectivity index (χ0) is 11.2. The first kappa shape index (κ1) is 11.1. The summed E-state index contributed by atoms with van der Waals surface area (Å²) in [5.74, 6) is 0. The molecule has 16 heavy (non-hydrogen) atoms. The highest BCUT2D eigenvalue weighted by Crippen LogP contribution is 2.20. The number of benzene rings is 1. The molecule has 1 N–H and O–H groups in total. The molecule has 1 aromatic heterocycles. The number of hydrogen-bond donors (Lipinski definition) is 1. The van der Waals surface area contributed by atoms with Gasteiger partial charge in [0.15, 0.2) is 0 Å². The lowest BCUT2D eigenvalue weighted by molar-refractivity contribution is 0.630. The third-order valence-corrected chi connectivity index (χ3v) is 3.41. The van der Waals surface area contributed by atoms with Gasteiger partial charge in [-0.3, -0.25) is 0 Å². The van der Waals surface area contributed by atoms with Crippen molar-refractivity contribution in [3.63, 3.8) is 0 Å². The van der Waals surface area contributed by atoms with Crippen molar-refractivity contribution in [2.75, 3.05) is 0 Å². The van der Waals surface area contributed by atoms with Crippen molar-refractivity contribution in [1.82, 2.24) is 5.32 Å². The average molecular weight is 229 g/mol. The van der Waals surface area contributed by atoms with Crippen molar-refractivity contribution in [2.24, 2.45) is 0 Å². The summed E-state index contributed by atoms with van der Waals surface area (Å²) in [7, 11) is 0. The second-order valence-corrected chi connectivity index (χ2v) is 4.57. The van der Waals surface area contributed by atoms with E-state index in [4.69, 9.17) is 0 Å². The Morgan fingerprint density at radius 1 is 1.19 bits per heavy atom. The molecule has 0 spiro atoms. The van der Waals surface area contributed by atoms with E-state index in [0.717, 1.165) is 6.54 Å². The van der Waals surface area contributed by atoms with Crippen LogP contribution in [0.1, 0.15) is 16.5 Å². The zero-order valence-corrected chi connectivity index (χ0v) is 9.91. The summed E-state index contributed by atoms with van der Waals surface area (Å²) in [4.78, 5) is 1.31. The first-order valence-corrected chi connectivity index (χ1v) is 6.21. The Labute approximate surface area is 100 Å². The predicted octanol–water partition coefficient (Wildman–Crippen LogP) is 3.77. The van der Waals surface area contributed by atoms with Crippen LogP contribution in [0.2, 0.25) is 0 Å². The normalized spacial score (nSPS) is 12.2. The van der Waals surface area contributed by atoms with E-state index >= 15 is 0 Å². The smallest absolute Gasteiger partial charge is 0.0600 e. The summed E-state index contributed by atoms with van der Waals surface area (Å²) in [6.45, 7) is 4.74. The number of hydrogen-bond acceptors (Lipinski definition) is 2. The minimum Gasteiger partial charge on any atom is -0.302 e. The van der Waals surface area contributed by atoms with Crippen LogP contribution in [0.3, 0.4) is 0 Å². The molecular weight excluding hydrogens is 214 g/mol. The maximum absolute atomic E-state index is 3.87. The lowest BCUT2D eigenvalue weighted by atomic mass is 10.2. The molecule has 0 aliphatic carbocycles. The van der Waals surface area contributed by atoms with Crippen LogP contribution in [0, 0.1) is 0 Å². The van der Waals surface area contributed by atoms with Crippen LogP contribution in [0.15, 0.2) is 60.5 Å². The molecule has 0 saturated heterocycles. The van der Waals surface area contributed by atoms with E-state index in [1.54, 1.807) is 11.3 Å². The molecule has 2 rings (SSSR count). The molecule has 0 amide bonds. The van der Waals surface area contributed by atoms with Crippen molar-refractivity contribution in [1.29, 1.82) is 0 Å². The van der Waals surface area contributed by atoms with Gasteiger partial charge in [0.25, 0.3) is 0 Å². The Bertz CT molecular complexity index is 419. The van der Waals surface area contributed by atoms with Crippen molar-refractivity contribution < 1.29 is 0 Å². The number of thiophene rings is 1. The predicted molar refractivity (Wildman–Crippen MR) is 70.5 cm³/mol. The molecule has 0 bridgehead atoms. The molecular formula is C14H15NS. The molecule has 2 heteroatoms.